The number of hydrogen-bond donors (Lipinski definition) is 2. The maximum absolute atomic E-state index is 11.5. The molecule has 1 saturated carbocycles. The van der Waals surface area contributed by atoms with Gasteiger partial charge in [0.2, 0.25) is 0 Å². The minimum Gasteiger partial charge on any atom is -0.488 e. The van der Waals surface area contributed by atoms with E-state index in [1.165, 1.54) is 12.7 Å². The fraction of sp³-hybridized carbons (Fsp3) is 0.333. The molecular weight excluding hydrogens is 218 g/mol. The van der Waals surface area contributed by atoms with E-state index in [1.807, 2.05) is 0 Å². The topological polar surface area (TPSA) is 81.0 Å². The number of rotatable bonds is 2. The Morgan fingerprint density at radius 2 is 2.24 bits per heavy atom. The first-order valence-electron chi connectivity index (χ1n) is 5.67. The van der Waals surface area contributed by atoms with Crippen LogP contribution in [0, 0.1) is 0 Å². The monoisotopic (exact) mass is 231 g/mol. The summed E-state index contributed by atoms with van der Waals surface area (Å²) < 4.78 is 5.75. The average molecular weight is 231 g/mol. The lowest BCUT2D eigenvalue weighted by Gasteiger charge is -2.27. The molecule has 1 aliphatic carbocycles. The van der Waals surface area contributed by atoms with Gasteiger partial charge in [-0.05, 0) is 25.3 Å². The lowest BCUT2D eigenvalue weighted by atomic mass is 9.96. The van der Waals surface area contributed by atoms with Crippen molar-refractivity contribution >= 4 is 16.6 Å². The average Bonchev–Trinajstić information content (AvgIpc) is 2.25. The largest absolute Gasteiger partial charge is 0.488 e. The van der Waals surface area contributed by atoms with Gasteiger partial charge in [0.15, 0.2) is 0 Å². The van der Waals surface area contributed by atoms with Crippen molar-refractivity contribution in [3.8, 4) is 5.75 Å². The van der Waals surface area contributed by atoms with Gasteiger partial charge in [0.05, 0.1) is 29.0 Å². The van der Waals surface area contributed by atoms with Crippen molar-refractivity contribution < 1.29 is 4.74 Å². The quantitative estimate of drug-likeness (QED) is 0.766. The Balaban J connectivity index is 2.07. The van der Waals surface area contributed by atoms with Gasteiger partial charge in [-0.15, -0.1) is 0 Å². The molecule has 1 aromatic carbocycles. The van der Waals surface area contributed by atoms with Crippen molar-refractivity contribution in [2.45, 2.75) is 25.4 Å². The molecule has 0 aliphatic heterocycles. The molecule has 17 heavy (non-hydrogen) atoms. The Hall–Kier alpha value is -2.04. The second-order valence-electron chi connectivity index (χ2n) is 4.31. The number of nitrogen functional groups attached to an aromatic ring is 1. The van der Waals surface area contributed by atoms with Gasteiger partial charge in [-0.25, -0.2) is 4.98 Å². The summed E-state index contributed by atoms with van der Waals surface area (Å²) >= 11 is 0. The number of fused-ring (bicyclic) bond motifs is 1. The van der Waals surface area contributed by atoms with Gasteiger partial charge in [-0.3, -0.25) is 4.79 Å². The zero-order chi connectivity index (χ0) is 11.8. The molecule has 0 bridgehead atoms. The number of anilines is 1. The number of aromatic nitrogens is 2. The van der Waals surface area contributed by atoms with Gasteiger partial charge >= 0.3 is 0 Å². The fourth-order valence-corrected chi connectivity index (χ4v) is 1.88. The summed E-state index contributed by atoms with van der Waals surface area (Å²) in [5, 5.41) is 0.492. The van der Waals surface area contributed by atoms with Gasteiger partial charge in [0, 0.05) is 6.07 Å². The Bertz CT molecular complexity index is 617. The molecule has 1 aromatic heterocycles. The van der Waals surface area contributed by atoms with Crippen molar-refractivity contribution in [3.63, 3.8) is 0 Å². The van der Waals surface area contributed by atoms with Crippen LogP contribution in [0.15, 0.2) is 23.3 Å². The first kappa shape index (κ1) is 10.1. The Labute approximate surface area is 97.6 Å². The molecule has 2 aromatic rings. The highest BCUT2D eigenvalue weighted by Crippen LogP contribution is 2.30. The van der Waals surface area contributed by atoms with Crippen LogP contribution in [0.3, 0.4) is 0 Å². The number of H-pyrrole nitrogens is 1. The SMILES string of the molecule is Nc1cc2c(=O)[nH]cnc2cc1OC1CCC1. The number of aromatic amines is 1. The van der Waals surface area contributed by atoms with E-state index in [1.54, 1.807) is 12.1 Å². The molecule has 0 unspecified atom stereocenters. The van der Waals surface area contributed by atoms with Gasteiger partial charge in [0.25, 0.3) is 5.56 Å². The molecule has 5 nitrogen and oxygen atoms in total. The summed E-state index contributed by atoms with van der Waals surface area (Å²) in [6.45, 7) is 0. The normalized spacial score (nSPS) is 15.8. The second kappa shape index (κ2) is 3.76. The molecule has 0 saturated heterocycles. The van der Waals surface area contributed by atoms with Crippen LogP contribution in [-0.4, -0.2) is 16.1 Å². The van der Waals surface area contributed by atoms with E-state index in [2.05, 4.69) is 9.97 Å². The Morgan fingerprint density at radius 1 is 1.41 bits per heavy atom. The van der Waals surface area contributed by atoms with Crippen LogP contribution in [0.25, 0.3) is 10.9 Å². The molecule has 1 aliphatic rings. The zero-order valence-corrected chi connectivity index (χ0v) is 9.27. The van der Waals surface area contributed by atoms with Crippen molar-refractivity contribution in [1.29, 1.82) is 0 Å². The van der Waals surface area contributed by atoms with Crippen LogP contribution in [-0.2, 0) is 0 Å². The smallest absolute Gasteiger partial charge is 0.258 e. The summed E-state index contributed by atoms with van der Waals surface area (Å²) in [6, 6.07) is 3.35. The predicted molar refractivity (Wildman–Crippen MR) is 65.0 cm³/mol. The Kier molecular flexibility index (Phi) is 2.24. The van der Waals surface area contributed by atoms with Crippen molar-refractivity contribution in [1.82, 2.24) is 9.97 Å². The highest BCUT2D eigenvalue weighted by Gasteiger charge is 2.20. The summed E-state index contributed by atoms with van der Waals surface area (Å²) in [6.07, 6.45) is 4.99. The number of nitrogens with one attached hydrogen (secondary N) is 1. The Morgan fingerprint density at radius 3 is 2.94 bits per heavy atom. The molecule has 0 radical (unpaired) electrons. The number of nitrogens with zero attached hydrogens (tertiary/aromatic N) is 1. The standard InChI is InChI=1S/C12H13N3O2/c13-9-4-8-10(14-6-15-12(8)16)5-11(9)17-7-2-1-3-7/h4-7H,1-3,13H2,(H,14,15,16). The van der Waals surface area contributed by atoms with Crippen LogP contribution in [0.1, 0.15) is 19.3 Å². The predicted octanol–water partition coefficient (Wildman–Crippen LogP) is 1.44. The summed E-state index contributed by atoms with van der Waals surface area (Å²) in [5.74, 6) is 0.625. The molecule has 0 atom stereocenters. The first-order valence-corrected chi connectivity index (χ1v) is 5.67. The molecule has 3 rings (SSSR count). The number of nitrogens with two attached hydrogens (primary N) is 1. The lowest BCUT2D eigenvalue weighted by Crippen LogP contribution is -2.25. The minimum absolute atomic E-state index is 0.183. The highest BCUT2D eigenvalue weighted by atomic mass is 16.5. The van der Waals surface area contributed by atoms with Gasteiger partial charge in [-0.1, -0.05) is 0 Å². The third kappa shape index (κ3) is 1.73. The van der Waals surface area contributed by atoms with Gasteiger partial charge in [0.1, 0.15) is 5.75 Å². The zero-order valence-electron chi connectivity index (χ0n) is 9.27. The maximum atomic E-state index is 11.5. The maximum Gasteiger partial charge on any atom is 0.258 e. The van der Waals surface area contributed by atoms with Crippen LogP contribution in [0.2, 0.25) is 0 Å². The van der Waals surface area contributed by atoms with E-state index in [4.69, 9.17) is 10.5 Å². The van der Waals surface area contributed by atoms with E-state index >= 15 is 0 Å². The molecular formula is C12H13N3O2. The first-order chi connectivity index (χ1) is 8.24. The van der Waals surface area contributed by atoms with Crippen LogP contribution in [0.5, 0.6) is 5.75 Å². The van der Waals surface area contributed by atoms with E-state index in [0.29, 0.717) is 22.3 Å². The molecule has 3 N–H and O–H groups in total. The van der Waals surface area contributed by atoms with Gasteiger partial charge in [-0.2, -0.15) is 0 Å². The van der Waals surface area contributed by atoms with E-state index in [9.17, 15) is 4.79 Å². The van der Waals surface area contributed by atoms with E-state index in [-0.39, 0.29) is 11.7 Å². The highest BCUT2D eigenvalue weighted by molar-refractivity contribution is 5.84. The van der Waals surface area contributed by atoms with Crippen molar-refractivity contribution in [2.24, 2.45) is 0 Å². The second-order valence-corrected chi connectivity index (χ2v) is 4.31. The fourth-order valence-electron chi connectivity index (χ4n) is 1.88. The minimum atomic E-state index is -0.183. The molecule has 0 spiro atoms. The molecule has 88 valence electrons. The van der Waals surface area contributed by atoms with Crippen molar-refractivity contribution in [2.75, 3.05) is 5.73 Å². The number of benzene rings is 1. The van der Waals surface area contributed by atoms with Crippen LogP contribution >= 0.6 is 0 Å². The molecule has 1 fully saturated rings. The third-order valence-electron chi connectivity index (χ3n) is 3.12. The van der Waals surface area contributed by atoms with Crippen molar-refractivity contribution in [3.05, 3.63) is 28.8 Å². The van der Waals surface area contributed by atoms with E-state index in [0.717, 1.165) is 12.8 Å². The molecule has 1 heterocycles. The number of hydrogen-bond acceptors (Lipinski definition) is 4. The van der Waals surface area contributed by atoms with Crippen LogP contribution < -0.4 is 16.0 Å². The lowest BCUT2D eigenvalue weighted by molar-refractivity contribution is 0.121. The summed E-state index contributed by atoms with van der Waals surface area (Å²) in [4.78, 5) is 18.2. The molecule has 5 heteroatoms. The number of ether oxygens (including phenoxy) is 1. The van der Waals surface area contributed by atoms with E-state index < -0.39 is 0 Å². The summed E-state index contributed by atoms with van der Waals surface area (Å²) in [5.41, 5.74) is 6.79. The van der Waals surface area contributed by atoms with Crippen LogP contribution in [0.4, 0.5) is 5.69 Å². The summed E-state index contributed by atoms with van der Waals surface area (Å²) in [7, 11) is 0. The molecule has 0 amide bonds. The third-order valence-corrected chi connectivity index (χ3v) is 3.12. The van der Waals surface area contributed by atoms with Gasteiger partial charge < -0.3 is 15.5 Å².